The number of carbonyl (C=O) groups is 1. The number of carbonyl (C=O) groups excluding carboxylic acids is 1. The molecule has 1 amide bonds. The van der Waals surface area contributed by atoms with Crippen LogP contribution >= 0.6 is 0 Å². The number of nitrogens with one attached hydrogen (secondary N) is 1. The van der Waals surface area contributed by atoms with Crippen LogP contribution in [0, 0.1) is 24.0 Å². The van der Waals surface area contributed by atoms with Gasteiger partial charge in [0, 0.05) is 11.8 Å². The van der Waals surface area contributed by atoms with Gasteiger partial charge in [-0.2, -0.15) is 0 Å². The van der Waals surface area contributed by atoms with Crippen LogP contribution in [0.1, 0.15) is 21.5 Å². The second kappa shape index (κ2) is 5.62. The van der Waals surface area contributed by atoms with Crippen LogP contribution in [0.4, 0.5) is 11.4 Å². The van der Waals surface area contributed by atoms with Crippen molar-refractivity contribution in [2.24, 2.45) is 0 Å². The predicted octanol–water partition coefficient (Wildman–Crippen LogP) is 3.17. The Bertz CT molecular complexity index is 726. The number of aryl methyl sites for hydroxylation is 2. The molecule has 0 bridgehead atoms. The van der Waals surface area contributed by atoms with E-state index >= 15 is 0 Å². The lowest BCUT2D eigenvalue weighted by Crippen LogP contribution is -2.14. The summed E-state index contributed by atoms with van der Waals surface area (Å²) >= 11 is 0. The Hall–Kier alpha value is -2.89. The summed E-state index contributed by atoms with van der Waals surface area (Å²) in [5.41, 5.74) is 1.59. The van der Waals surface area contributed by atoms with Crippen molar-refractivity contribution in [1.82, 2.24) is 0 Å². The predicted molar refractivity (Wildman–Crippen MR) is 78.6 cm³/mol. The maximum Gasteiger partial charge on any atom is 0.282 e. The van der Waals surface area contributed by atoms with Crippen molar-refractivity contribution in [2.75, 3.05) is 5.32 Å². The summed E-state index contributed by atoms with van der Waals surface area (Å²) in [5.74, 6) is -0.440. The smallest absolute Gasteiger partial charge is 0.282 e. The molecule has 6 heteroatoms. The van der Waals surface area contributed by atoms with Gasteiger partial charge in [-0.05, 0) is 49.2 Å². The van der Waals surface area contributed by atoms with Crippen LogP contribution in [0.2, 0.25) is 0 Å². The Kier molecular flexibility index (Phi) is 3.89. The van der Waals surface area contributed by atoms with Gasteiger partial charge in [0.2, 0.25) is 0 Å². The van der Waals surface area contributed by atoms with Crippen LogP contribution in [-0.4, -0.2) is 15.9 Å². The molecule has 0 fully saturated rings. The highest BCUT2D eigenvalue weighted by Crippen LogP contribution is 2.23. The van der Waals surface area contributed by atoms with E-state index in [9.17, 15) is 20.0 Å². The van der Waals surface area contributed by atoms with E-state index in [-0.39, 0.29) is 17.0 Å². The molecule has 0 heterocycles. The molecule has 2 aromatic carbocycles. The number of amides is 1. The quantitative estimate of drug-likeness (QED) is 0.515. The van der Waals surface area contributed by atoms with Crippen molar-refractivity contribution < 1.29 is 14.8 Å². The molecular weight excluding hydrogens is 272 g/mol. The van der Waals surface area contributed by atoms with E-state index in [2.05, 4.69) is 5.32 Å². The normalized spacial score (nSPS) is 10.2. The molecule has 0 aliphatic rings. The average Bonchev–Trinajstić information content (AvgIpc) is 2.42. The molecule has 108 valence electrons. The van der Waals surface area contributed by atoms with Gasteiger partial charge < -0.3 is 10.4 Å². The summed E-state index contributed by atoms with van der Waals surface area (Å²) in [6, 6.07) is 8.94. The van der Waals surface area contributed by atoms with Gasteiger partial charge >= 0.3 is 0 Å². The topological polar surface area (TPSA) is 92.5 Å². The molecule has 0 spiro atoms. The van der Waals surface area contributed by atoms with Gasteiger partial charge in [0.25, 0.3) is 11.6 Å². The number of nitrogens with zero attached hydrogens (tertiary/aromatic N) is 1. The molecular formula is C15H14N2O4. The number of nitro benzene ring substituents is 1. The van der Waals surface area contributed by atoms with Crippen molar-refractivity contribution in [3.63, 3.8) is 0 Å². The minimum absolute atomic E-state index is 0.00530. The second-order valence-corrected chi connectivity index (χ2v) is 4.73. The van der Waals surface area contributed by atoms with E-state index in [0.717, 1.165) is 5.56 Å². The summed E-state index contributed by atoms with van der Waals surface area (Å²) in [7, 11) is 0. The van der Waals surface area contributed by atoms with E-state index < -0.39 is 10.8 Å². The first-order chi connectivity index (χ1) is 9.88. The van der Waals surface area contributed by atoms with E-state index in [4.69, 9.17) is 0 Å². The minimum Gasteiger partial charge on any atom is -0.508 e. The van der Waals surface area contributed by atoms with Crippen molar-refractivity contribution in [3.8, 4) is 5.75 Å². The molecule has 2 aromatic rings. The lowest BCUT2D eigenvalue weighted by atomic mass is 10.1. The molecule has 0 atom stereocenters. The van der Waals surface area contributed by atoms with Crippen molar-refractivity contribution >= 4 is 17.3 Å². The zero-order chi connectivity index (χ0) is 15.6. The number of phenolic OH excluding ortho intramolecular Hbond substituents is 1. The Labute approximate surface area is 121 Å². The Balaban J connectivity index is 2.34. The monoisotopic (exact) mass is 286 g/mol. The third-order valence-corrected chi connectivity index (χ3v) is 3.05. The molecule has 0 saturated carbocycles. The molecule has 0 unspecified atom stereocenters. The molecule has 0 aromatic heterocycles. The number of hydrogen-bond donors (Lipinski definition) is 2. The van der Waals surface area contributed by atoms with E-state index in [1.807, 2.05) is 0 Å². The number of anilines is 1. The van der Waals surface area contributed by atoms with Crippen LogP contribution < -0.4 is 5.32 Å². The largest absolute Gasteiger partial charge is 0.508 e. The Morgan fingerprint density at radius 3 is 2.52 bits per heavy atom. The molecule has 0 aliphatic carbocycles. The van der Waals surface area contributed by atoms with Gasteiger partial charge in [-0.25, -0.2) is 0 Å². The summed E-state index contributed by atoms with van der Waals surface area (Å²) in [4.78, 5) is 22.6. The Morgan fingerprint density at radius 2 is 1.90 bits per heavy atom. The fraction of sp³-hybridized carbons (Fsp3) is 0.133. The summed E-state index contributed by atoms with van der Waals surface area (Å²) in [6.45, 7) is 3.45. The lowest BCUT2D eigenvalue weighted by Gasteiger charge is -2.08. The summed E-state index contributed by atoms with van der Waals surface area (Å²) < 4.78 is 0. The van der Waals surface area contributed by atoms with Crippen molar-refractivity contribution in [3.05, 3.63) is 63.2 Å². The first-order valence-electron chi connectivity index (χ1n) is 6.24. The number of nitro groups is 1. The number of benzene rings is 2. The Morgan fingerprint density at radius 1 is 1.19 bits per heavy atom. The molecule has 0 radical (unpaired) electrons. The van der Waals surface area contributed by atoms with Gasteiger partial charge in [-0.3, -0.25) is 14.9 Å². The van der Waals surface area contributed by atoms with Crippen LogP contribution in [0.3, 0.4) is 0 Å². The van der Waals surface area contributed by atoms with Gasteiger partial charge in [0.1, 0.15) is 11.3 Å². The maximum atomic E-state index is 12.2. The van der Waals surface area contributed by atoms with Gasteiger partial charge in [-0.1, -0.05) is 6.07 Å². The van der Waals surface area contributed by atoms with Gasteiger partial charge in [0.15, 0.2) is 0 Å². The highest BCUT2D eigenvalue weighted by Gasteiger charge is 2.20. The van der Waals surface area contributed by atoms with E-state index in [1.54, 1.807) is 26.0 Å². The van der Waals surface area contributed by atoms with Crippen LogP contribution in [-0.2, 0) is 0 Å². The number of aromatic hydroxyl groups is 1. The first-order valence-corrected chi connectivity index (χ1v) is 6.24. The summed E-state index contributed by atoms with van der Waals surface area (Å²) in [6.07, 6.45) is 0. The maximum absolute atomic E-state index is 12.2. The van der Waals surface area contributed by atoms with E-state index in [1.165, 1.54) is 24.3 Å². The molecule has 21 heavy (non-hydrogen) atoms. The SMILES string of the molecule is Cc1ccc([N+](=O)[O-])c(C(=O)Nc2ccc(O)c(C)c2)c1. The van der Waals surface area contributed by atoms with Crippen LogP contribution in [0.15, 0.2) is 36.4 Å². The molecule has 0 aliphatic heterocycles. The first kappa shape index (κ1) is 14.5. The lowest BCUT2D eigenvalue weighted by molar-refractivity contribution is -0.385. The fourth-order valence-corrected chi connectivity index (χ4v) is 1.92. The second-order valence-electron chi connectivity index (χ2n) is 4.73. The summed E-state index contributed by atoms with van der Waals surface area (Å²) in [5, 5.41) is 23.0. The number of hydrogen-bond acceptors (Lipinski definition) is 4. The van der Waals surface area contributed by atoms with Crippen molar-refractivity contribution in [1.29, 1.82) is 0 Å². The third kappa shape index (κ3) is 3.17. The van der Waals surface area contributed by atoms with Gasteiger partial charge in [0.05, 0.1) is 4.92 Å². The number of rotatable bonds is 3. The fourth-order valence-electron chi connectivity index (χ4n) is 1.92. The van der Waals surface area contributed by atoms with Crippen LogP contribution in [0.5, 0.6) is 5.75 Å². The average molecular weight is 286 g/mol. The zero-order valence-electron chi connectivity index (χ0n) is 11.6. The highest BCUT2D eigenvalue weighted by atomic mass is 16.6. The highest BCUT2D eigenvalue weighted by molar-refractivity contribution is 6.07. The van der Waals surface area contributed by atoms with Crippen LogP contribution in [0.25, 0.3) is 0 Å². The zero-order valence-corrected chi connectivity index (χ0v) is 11.6. The molecule has 6 nitrogen and oxygen atoms in total. The third-order valence-electron chi connectivity index (χ3n) is 3.05. The molecule has 2 rings (SSSR count). The molecule has 2 N–H and O–H groups in total. The number of phenols is 1. The minimum atomic E-state index is -0.587. The van der Waals surface area contributed by atoms with E-state index in [0.29, 0.717) is 11.3 Å². The van der Waals surface area contributed by atoms with Gasteiger partial charge in [-0.15, -0.1) is 0 Å². The standard InChI is InChI=1S/C15H14N2O4/c1-9-3-5-13(17(20)21)12(7-9)15(19)16-11-4-6-14(18)10(2)8-11/h3-8,18H,1-2H3,(H,16,19). The van der Waals surface area contributed by atoms with Crippen molar-refractivity contribution in [2.45, 2.75) is 13.8 Å². The molecule has 0 saturated heterocycles.